The maximum atomic E-state index is 13.4. The molecule has 1 saturated heterocycles. The summed E-state index contributed by atoms with van der Waals surface area (Å²) in [5.41, 5.74) is 0.919. The number of halogens is 1. The van der Waals surface area contributed by atoms with Crippen LogP contribution in [0.15, 0.2) is 30.6 Å². The minimum absolute atomic E-state index is 0.0796. The van der Waals surface area contributed by atoms with Gasteiger partial charge in [-0.1, -0.05) is 23.5 Å². The average molecular weight is 362 g/mol. The van der Waals surface area contributed by atoms with Crippen LogP contribution in [0.3, 0.4) is 0 Å². The van der Waals surface area contributed by atoms with E-state index in [4.69, 9.17) is 4.74 Å². The van der Waals surface area contributed by atoms with Crippen molar-refractivity contribution in [3.8, 4) is 5.88 Å². The molecule has 0 saturated carbocycles. The van der Waals surface area contributed by atoms with Crippen LogP contribution in [-0.2, 0) is 4.74 Å². The molecule has 0 spiro atoms. The molecule has 1 fully saturated rings. The lowest BCUT2D eigenvalue weighted by molar-refractivity contribution is -0.0764. The van der Waals surface area contributed by atoms with Crippen LogP contribution >= 0.6 is 11.3 Å². The molecule has 8 heteroatoms. The third kappa shape index (κ3) is 3.01. The molecule has 3 heterocycles. The van der Waals surface area contributed by atoms with Gasteiger partial charge in [-0.2, -0.15) is 9.61 Å². The van der Waals surface area contributed by atoms with Crippen molar-refractivity contribution in [1.82, 2.24) is 19.5 Å². The van der Waals surface area contributed by atoms with Crippen molar-refractivity contribution in [3.63, 3.8) is 0 Å². The Morgan fingerprint density at radius 1 is 1.24 bits per heavy atom. The molecule has 4 rings (SSSR count). The molecule has 3 aromatic rings. The van der Waals surface area contributed by atoms with E-state index in [1.165, 1.54) is 34.3 Å². The number of aromatic hydroxyl groups is 1. The number of fused-ring (bicyclic) bond motifs is 1. The zero-order valence-electron chi connectivity index (χ0n) is 14.0. The van der Waals surface area contributed by atoms with Crippen LogP contribution in [0, 0.1) is 5.82 Å². The van der Waals surface area contributed by atoms with Crippen molar-refractivity contribution < 1.29 is 14.2 Å². The van der Waals surface area contributed by atoms with Gasteiger partial charge in [0.15, 0.2) is 0 Å². The first-order valence-electron chi connectivity index (χ1n) is 8.19. The Labute approximate surface area is 148 Å². The van der Waals surface area contributed by atoms with Crippen LogP contribution in [0.2, 0.25) is 0 Å². The number of hydrogen-bond acceptors (Lipinski definition) is 6. The molecule has 25 heavy (non-hydrogen) atoms. The van der Waals surface area contributed by atoms with Gasteiger partial charge in [-0.15, -0.1) is 0 Å². The highest BCUT2D eigenvalue weighted by Gasteiger charge is 2.33. The third-order valence-electron chi connectivity index (χ3n) is 4.39. The summed E-state index contributed by atoms with van der Waals surface area (Å²) >= 11 is 1.40. The quantitative estimate of drug-likeness (QED) is 0.776. The summed E-state index contributed by atoms with van der Waals surface area (Å²) < 4.78 is 20.7. The normalized spacial score (nSPS) is 23.2. The van der Waals surface area contributed by atoms with E-state index in [0.717, 1.165) is 23.5 Å². The minimum atomic E-state index is -0.280. The van der Waals surface area contributed by atoms with Crippen LogP contribution in [0.25, 0.3) is 4.96 Å². The highest BCUT2D eigenvalue weighted by molar-refractivity contribution is 7.17. The van der Waals surface area contributed by atoms with E-state index in [1.54, 1.807) is 12.1 Å². The van der Waals surface area contributed by atoms with Crippen molar-refractivity contribution in [2.75, 3.05) is 13.1 Å². The number of rotatable bonds is 3. The van der Waals surface area contributed by atoms with Gasteiger partial charge in [-0.05, 0) is 31.5 Å². The molecule has 0 radical (unpaired) electrons. The zero-order valence-corrected chi connectivity index (χ0v) is 14.8. The van der Waals surface area contributed by atoms with E-state index in [0.29, 0.717) is 4.96 Å². The number of hydrogen-bond donors (Lipinski definition) is 1. The Kier molecular flexibility index (Phi) is 4.18. The lowest BCUT2D eigenvalue weighted by Gasteiger charge is -2.40. The molecule has 0 unspecified atom stereocenters. The number of ether oxygens (including phenoxy) is 1. The molecule has 0 aliphatic carbocycles. The topological polar surface area (TPSA) is 62.9 Å². The van der Waals surface area contributed by atoms with Crippen LogP contribution in [0.4, 0.5) is 4.39 Å². The fourth-order valence-corrected chi connectivity index (χ4v) is 4.56. The van der Waals surface area contributed by atoms with Gasteiger partial charge in [0, 0.05) is 13.1 Å². The highest BCUT2D eigenvalue weighted by Crippen LogP contribution is 2.40. The van der Waals surface area contributed by atoms with Gasteiger partial charge < -0.3 is 9.84 Å². The van der Waals surface area contributed by atoms with Crippen LogP contribution in [-0.4, -0.2) is 49.9 Å². The first-order valence-corrected chi connectivity index (χ1v) is 9.01. The third-order valence-corrected chi connectivity index (χ3v) is 5.47. The van der Waals surface area contributed by atoms with Crippen LogP contribution in [0.1, 0.15) is 30.3 Å². The second kappa shape index (κ2) is 6.36. The summed E-state index contributed by atoms with van der Waals surface area (Å²) in [5.74, 6) is -0.197. The maximum Gasteiger partial charge on any atom is 0.230 e. The summed E-state index contributed by atoms with van der Waals surface area (Å²) in [6.45, 7) is 5.51. The predicted octanol–water partition coefficient (Wildman–Crippen LogP) is 2.83. The molecule has 6 nitrogen and oxygen atoms in total. The van der Waals surface area contributed by atoms with Crippen molar-refractivity contribution in [3.05, 3.63) is 46.9 Å². The lowest BCUT2D eigenvalue weighted by Crippen LogP contribution is -2.47. The summed E-state index contributed by atoms with van der Waals surface area (Å²) in [5, 5.41) is 14.7. The predicted molar refractivity (Wildman–Crippen MR) is 92.4 cm³/mol. The first-order chi connectivity index (χ1) is 12.0. The molecular weight excluding hydrogens is 343 g/mol. The van der Waals surface area contributed by atoms with E-state index in [-0.39, 0.29) is 29.9 Å². The van der Waals surface area contributed by atoms with Crippen molar-refractivity contribution in [2.45, 2.75) is 32.1 Å². The van der Waals surface area contributed by atoms with Gasteiger partial charge in [0.05, 0.1) is 23.1 Å². The van der Waals surface area contributed by atoms with Gasteiger partial charge in [-0.3, -0.25) is 4.90 Å². The molecule has 0 bridgehead atoms. The van der Waals surface area contributed by atoms with Gasteiger partial charge in [0.25, 0.3) is 0 Å². The van der Waals surface area contributed by atoms with Crippen molar-refractivity contribution >= 4 is 16.3 Å². The molecule has 1 N–H and O–H groups in total. The zero-order chi connectivity index (χ0) is 17.6. The first kappa shape index (κ1) is 16.4. The Morgan fingerprint density at radius 3 is 2.56 bits per heavy atom. The Hall–Kier alpha value is -2.03. The van der Waals surface area contributed by atoms with Gasteiger partial charge in [0.2, 0.25) is 10.8 Å². The fraction of sp³-hybridized carbons (Fsp3) is 0.412. The van der Waals surface area contributed by atoms with E-state index in [9.17, 15) is 9.50 Å². The second-order valence-corrected chi connectivity index (χ2v) is 7.42. The molecule has 2 aromatic heterocycles. The number of benzene rings is 1. The summed E-state index contributed by atoms with van der Waals surface area (Å²) in [4.78, 5) is 7.82. The lowest BCUT2D eigenvalue weighted by atomic mass is 10.0. The van der Waals surface area contributed by atoms with E-state index in [2.05, 4.69) is 15.0 Å². The van der Waals surface area contributed by atoms with Crippen LogP contribution in [0.5, 0.6) is 5.88 Å². The summed E-state index contributed by atoms with van der Waals surface area (Å²) in [7, 11) is 0. The minimum Gasteiger partial charge on any atom is -0.492 e. The Morgan fingerprint density at radius 2 is 1.92 bits per heavy atom. The van der Waals surface area contributed by atoms with Gasteiger partial charge >= 0.3 is 0 Å². The van der Waals surface area contributed by atoms with E-state index < -0.39 is 0 Å². The second-order valence-electron chi connectivity index (χ2n) is 6.41. The Balaban J connectivity index is 1.81. The van der Waals surface area contributed by atoms with Gasteiger partial charge in [0.1, 0.15) is 12.1 Å². The SMILES string of the molecule is C[C@@H]1CN([C@@H](c2ccc(F)cc2)c2sc3ncnn3c2O)C[C@H](C)O1. The molecule has 0 amide bonds. The van der Waals surface area contributed by atoms with E-state index >= 15 is 0 Å². The van der Waals surface area contributed by atoms with Crippen molar-refractivity contribution in [2.24, 2.45) is 0 Å². The maximum absolute atomic E-state index is 13.4. The molecule has 132 valence electrons. The smallest absolute Gasteiger partial charge is 0.230 e. The molecule has 1 aromatic carbocycles. The number of aromatic nitrogens is 3. The van der Waals surface area contributed by atoms with Crippen molar-refractivity contribution in [1.29, 1.82) is 0 Å². The number of nitrogens with zero attached hydrogens (tertiary/aromatic N) is 4. The molecule has 3 atom stereocenters. The number of morpholine rings is 1. The molecule has 1 aliphatic rings. The summed E-state index contributed by atoms with van der Waals surface area (Å²) in [6, 6.07) is 6.22. The largest absolute Gasteiger partial charge is 0.492 e. The monoisotopic (exact) mass is 362 g/mol. The summed E-state index contributed by atoms with van der Waals surface area (Å²) in [6.07, 6.45) is 1.58. The van der Waals surface area contributed by atoms with Gasteiger partial charge in [-0.25, -0.2) is 9.37 Å². The Bertz CT molecular complexity index is 869. The van der Waals surface area contributed by atoms with E-state index in [1.807, 2.05) is 13.8 Å². The highest BCUT2D eigenvalue weighted by atomic mass is 32.1. The standard InChI is InChI=1S/C17H19FN4O2S/c1-10-7-21(8-11(2)24-10)14(12-3-5-13(18)6-4-12)15-16(23)22-17(25-15)19-9-20-22/h3-6,9-11,14,23H,7-8H2,1-2H3/t10-,11+,14-/m0/s1. The average Bonchev–Trinajstić information content (AvgIpc) is 3.13. The van der Waals surface area contributed by atoms with Crippen LogP contribution < -0.4 is 0 Å². The molecular formula is C17H19FN4O2S. The number of thiazole rings is 1. The molecule has 1 aliphatic heterocycles. The fourth-order valence-electron chi connectivity index (χ4n) is 3.47.